The third kappa shape index (κ3) is 1.82. The zero-order chi connectivity index (χ0) is 6.69. The Hall–Kier alpha value is -0.870. The third-order valence-corrected chi connectivity index (χ3v) is 0.987. The third-order valence-electron chi connectivity index (χ3n) is 0.987. The van der Waals surface area contributed by atoms with Crippen molar-refractivity contribution in [1.29, 1.82) is 0 Å². The first kappa shape index (κ1) is 9.13. The summed E-state index contributed by atoms with van der Waals surface area (Å²) in [5, 5.41) is 6.10. The van der Waals surface area contributed by atoms with Crippen molar-refractivity contribution in [3.63, 3.8) is 0 Å². The average molecular weight is 162 g/mol. The number of carbonyl (C=O) groups is 1. The van der Waals surface area contributed by atoms with E-state index >= 15 is 0 Å². The van der Waals surface area contributed by atoms with Crippen LogP contribution < -0.4 is 5.73 Å². The van der Waals surface area contributed by atoms with Gasteiger partial charge in [-0.15, -0.1) is 12.4 Å². The number of nitrogens with two attached hydrogens (primary N) is 1. The number of aromatic amines is 1. The van der Waals surface area contributed by atoms with E-state index in [1.165, 1.54) is 6.20 Å². The van der Waals surface area contributed by atoms with E-state index in [0.717, 1.165) is 0 Å². The van der Waals surface area contributed by atoms with Crippen LogP contribution in [-0.4, -0.2) is 22.5 Å². The van der Waals surface area contributed by atoms with Crippen LogP contribution in [0.4, 0.5) is 0 Å². The first-order chi connectivity index (χ1) is 4.34. The normalized spacial score (nSPS) is 8.50. The van der Waals surface area contributed by atoms with Crippen LogP contribution in [0.25, 0.3) is 0 Å². The zero-order valence-electron chi connectivity index (χ0n) is 5.20. The van der Waals surface area contributed by atoms with E-state index < -0.39 is 0 Å². The molecule has 1 aromatic rings. The summed E-state index contributed by atoms with van der Waals surface area (Å²) in [7, 11) is 0. The second kappa shape index (κ2) is 4.03. The molecule has 56 valence electrons. The van der Waals surface area contributed by atoms with Crippen LogP contribution in [-0.2, 0) is 0 Å². The summed E-state index contributed by atoms with van der Waals surface area (Å²) < 4.78 is 0. The van der Waals surface area contributed by atoms with Crippen LogP contribution in [0.1, 0.15) is 10.5 Å². The van der Waals surface area contributed by atoms with Gasteiger partial charge in [-0.05, 0) is 6.07 Å². The maximum absolute atomic E-state index is 10.7. The molecular weight excluding hydrogens is 154 g/mol. The van der Waals surface area contributed by atoms with Gasteiger partial charge in [-0.3, -0.25) is 9.89 Å². The highest BCUT2D eigenvalue weighted by molar-refractivity contribution is 5.95. The molecule has 0 saturated heterocycles. The number of rotatable bonds is 2. The van der Waals surface area contributed by atoms with E-state index in [1.807, 2.05) is 0 Å². The smallest absolute Gasteiger partial charge is 0.194 e. The van der Waals surface area contributed by atoms with Gasteiger partial charge >= 0.3 is 0 Å². The van der Waals surface area contributed by atoms with Crippen molar-refractivity contribution < 1.29 is 4.79 Å². The fraction of sp³-hybridized carbons (Fsp3) is 0.200. The van der Waals surface area contributed by atoms with E-state index in [2.05, 4.69) is 10.2 Å². The molecule has 0 atom stereocenters. The van der Waals surface area contributed by atoms with Crippen LogP contribution in [0, 0.1) is 0 Å². The molecule has 0 aliphatic carbocycles. The number of hydrogen-bond acceptors (Lipinski definition) is 3. The van der Waals surface area contributed by atoms with Crippen molar-refractivity contribution >= 4 is 18.2 Å². The number of Topliss-reactive ketones (excluding diaryl/α,β-unsaturated/α-hetero) is 1. The van der Waals surface area contributed by atoms with Gasteiger partial charge in [0.1, 0.15) is 5.69 Å². The standard InChI is InChI=1S/C5H7N3O.ClH/c6-3-5(9)4-1-2-7-8-4;/h1-2H,3,6H2,(H,7,8);1H. The monoisotopic (exact) mass is 161 g/mol. The van der Waals surface area contributed by atoms with Crippen molar-refractivity contribution in [1.82, 2.24) is 10.2 Å². The first-order valence-electron chi connectivity index (χ1n) is 2.57. The van der Waals surface area contributed by atoms with Gasteiger partial charge in [0.2, 0.25) is 0 Å². The van der Waals surface area contributed by atoms with Gasteiger partial charge in [-0.25, -0.2) is 0 Å². The van der Waals surface area contributed by atoms with Crippen molar-refractivity contribution in [3.05, 3.63) is 18.0 Å². The van der Waals surface area contributed by atoms with Crippen LogP contribution in [0.5, 0.6) is 0 Å². The van der Waals surface area contributed by atoms with Crippen LogP contribution in [0.3, 0.4) is 0 Å². The molecule has 1 aromatic heterocycles. The van der Waals surface area contributed by atoms with Gasteiger partial charge in [0.15, 0.2) is 5.78 Å². The molecule has 0 fully saturated rings. The van der Waals surface area contributed by atoms with Crippen LogP contribution >= 0.6 is 12.4 Å². The van der Waals surface area contributed by atoms with E-state index in [1.54, 1.807) is 6.07 Å². The van der Waals surface area contributed by atoms with Crippen molar-refractivity contribution in [2.45, 2.75) is 0 Å². The van der Waals surface area contributed by atoms with Gasteiger partial charge in [0.25, 0.3) is 0 Å². The number of aromatic nitrogens is 2. The van der Waals surface area contributed by atoms with Crippen molar-refractivity contribution in [2.75, 3.05) is 6.54 Å². The fourth-order valence-corrected chi connectivity index (χ4v) is 0.521. The first-order valence-corrected chi connectivity index (χ1v) is 2.57. The van der Waals surface area contributed by atoms with Crippen LogP contribution in [0.15, 0.2) is 12.3 Å². The summed E-state index contributed by atoms with van der Waals surface area (Å²) in [6.45, 7) is 0.0300. The van der Waals surface area contributed by atoms with Crippen LogP contribution in [0.2, 0.25) is 0 Å². The van der Waals surface area contributed by atoms with Gasteiger partial charge in [-0.1, -0.05) is 0 Å². The molecule has 0 amide bonds. The Bertz CT molecular complexity index is 197. The molecule has 0 saturated carbocycles. The Labute approximate surface area is 64.2 Å². The second-order valence-electron chi connectivity index (χ2n) is 1.60. The summed E-state index contributed by atoms with van der Waals surface area (Å²) in [6.07, 6.45) is 1.52. The Morgan fingerprint density at radius 1 is 1.80 bits per heavy atom. The molecule has 3 N–H and O–H groups in total. The summed E-state index contributed by atoms with van der Waals surface area (Å²) in [6, 6.07) is 1.59. The molecule has 10 heavy (non-hydrogen) atoms. The van der Waals surface area contributed by atoms with E-state index in [0.29, 0.717) is 5.69 Å². The summed E-state index contributed by atoms with van der Waals surface area (Å²) in [4.78, 5) is 10.7. The molecular formula is C5H8ClN3O. The van der Waals surface area contributed by atoms with Crippen molar-refractivity contribution in [3.8, 4) is 0 Å². The molecule has 1 rings (SSSR count). The molecule has 0 bridgehead atoms. The number of nitrogens with zero attached hydrogens (tertiary/aromatic N) is 1. The average Bonchev–Trinajstić information content (AvgIpc) is 2.37. The highest BCUT2D eigenvalue weighted by atomic mass is 35.5. The summed E-state index contributed by atoms with van der Waals surface area (Å²) >= 11 is 0. The molecule has 0 aliphatic rings. The van der Waals surface area contributed by atoms with E-state index in [4.69, 9.17) is 5.73 Å². The van der Waals surface area contributed by atoms with Gasteiger partial charge in [0, 0.05) is 6.20 Å². The minimum atomic E-state index is -0.118. The molecule has 5 heteroatoms. The highest BCUT2D eigenvalue weighted by Gasteiger charge is 2.01. The SMILES string of the molecule is Cl.NCC(=O)c1ccn[nH]1. The van der Waals surface area contributed by atoms with Gasteiger partial charge < -0.3 is 5.73 Å². The Morgan fingerprint density at radius 3 is 2.90 bits per heavy atom. The maximum Gasteiger partial charge on any atom is 0.194 e. The number of carbonyl (C=O) groups excluding carboxylic acids is 1. The van der Waals surface area contributed by atoms with E-state index in [-0.39, 0.29) is 24.7 Å². The predicted molar refractivity (Wildman–Crippen MR) is 39.2 cm³/mol. The fourth-order valence-electron chi connectivity index (χ4n) is 0.521. The predicted octanol–water partition coefficient (Wildman–Crippen LogP) is -0.0271. The van der Waals surface area contributed by atoms with Gasteiger partial charge in [0.05, 0.1) is 6.54 Å². The number of nitrogens with one attached hydrogen (secondary N) is 1. The van der Waals surface area contributed by atoms with Gasteiger partial charge in [-0.2, -0.15) is 5.10 Å². The lowest BCUT2D eigenvalue weighted by atomic mass is 10.3. The largest absolute Gasteiger partial charge is 0.324 e. The summed E-state index contributed by atoms with van der Waals surface area (Å²) in [5.74, 6) is -0.118. The van der Waals surface area contributed by atoms with Crippen molar-refractivity contribution in [2.24, 2.45) is 5.73 Å². The number of ketones is 1. The lowest BCUT2D eigenvalue weighted by molar-refractivity contribution is 0.0996. The maximum atomic E-state index is 10.7. The molecule has 1 heterocycles. The number of H-pyrrole nitrogens is 1. The lowest BCUT2D eigenvalue weighted by Gasteiger charge is -1.87. The quantitative estimate of drug-likeness (QED) is 0.599. The molecule has 0 aromatic carbocycles. The Morgan fingerprint density at radius 2 is 2.50 bits per heavy atom. The summed E-state index contributed by atoms with van der Waals surface area (Å²) in [5.41, 5.74) is 5.54. The number of halogens is 1. The molecule has 4 nitrogen and oxygen atoms in total. The molecule has 0 radical (unpaired) electrons. The minimum absolute atomic E-state index is 0. The Kier molecular flexibility index (Phi) is 3.68. The highest BCUT2D eigenvalue weighted by Crippen LogP contribution is 1.90. The zero-order valence-corrected chi connectivity index (χ0v) is 6.02. The van der Waals surface area contributed by atoms with E-state index in [9.17, 15) is 4.79 Å². The minimum Gasteiger partial charge on any atom is -0.324 e. The molecule has 0 unspecified atom stereocenters. The molecule has 0 spiro atoms. The topological polar surface area (TPSA) is 71.8 Å². The molecule has 0 aliphatic heterocycles. The number of hydrogen-bond donors (Lipinski definition) is 2. The second-order valence-corrected chi connectivity index (χ2v) is 1.60. The lowest BCUT2D eigenvalue weighted by Crippen LogP contribution is -2.13. The Balaban J connectivity index is 0.000000810.